The number of ether oxygens (including phenoxy) is 1. The van der Waals surface area contributed by atoms with Crippen LogP contribution in [0, 0.1) is 0 Å². The number of Topliss-reactive ketones (excluding diaryl/α,β-unsaturated/α-hetero) is 1. The first kappa shape index (κ1) is 11.0. The van der Waals surface area contributed by atoms with E-state index in [0.29, 0.717) is 11.3 Å². The van der Waals surface area contributed by atoms with E-state index in [4.69, 9.17) is 4.74 Å². The lowest BCUT2D eigenvalue weighted by Gasteiger charge is -2.33. The van der Waals surface area contributed by atoms with Gasteiger partial charge in [0.25, 0.3) is 0 Å². The maximum atomic E-state index is 11.5. The van der Waals surface area contributed by atoms with Crippen LogP contribution in [-0.4, -0.2) is 16.5 Å². The molecule has 1 aromatic carbocycles. The number of hydrogen-bond acceptors (Lipinski definition) is 3. The van der Waals surface area contributed by atoms with Crippen LogP contribution in [0.25, 0.3) is 0 Å². The van der Waals surface area contributed by atoms with Gasteiger partial charge in [-0.1, -0.05) is 6.07 Å². The first-order chi connectivity index (χ1) is 7.41. The molecule has 1 N–H and O–H groups in total. The van der Waals surface area contributed by atoms with Gasteiger partial charge in [-0.15, -0.1) is 0 Å². The van der Waals surface area contributed by atoms with Crippen LogP contribution in [0.2, 0.25) is 0 Å². The van der Waals surface area contributed by atoms with Gasteiger partial charge in [-0.3, -0.25) is 4.79 Å². The molecule has 1 heterocycles. The Morgan fingerprint density at radius 1 is 1.44 bits per heavy atom. The third-order valence-electron chi connectivity index (χ3n) is 2.94. The highest BCUT2D eigenvalue weighted by Gasteiger charge is 2.30. The van der Waals surface area contributed by atoms with Gasteiger partial charge in [0, 0.05) is 0 Å². The van der Waals surface area contributed by atoms with Crippen LogP contribution in [0.15, 0.2) is 12.1 Å². The topological polar surface area (TPSA) is 46.5 Å². The van der Waals surface area contributed by atoms with Crippen molar-refractivity contribution in [1.29, 1.82) is 0 Å². The van der Waals surface area contributed by atoms with E-state index in [1.165, 1.54) is 6.92 Å². The molecule has 0 aliphatic carbocycles. The summed E-state index contributed by atoms with van der Waals surface area (Å²) in [6.45, 7) is 5.42. The number of aryl methyl sites for hydroxylation is 1. The van der Waals surface area contributed by atoms with Crippen molar-refractivity contribution >= 4 is 5.78 Å². The summed E-state index contributed by atoms with van der Waals surface area (Å²) < 4.78 is 5.81. The maximum absolute atomic E-state index is 11.5. The molecule has 2 rings (SSSR count). The average molecular weight is 220 g/mol. The Bertz CT molecular complexity index is 447. The lowest BCUT2D eigenvalue weighted by Crippen LogP contribution is -2.33. The molecule has 0 radical (unpaired) electrons. The fourth-order valence-corrected chi connectivity index (χ4v) is 2.03. The number of phenols is 1. The normalized spacial score (nSPS) is 17.4. The molecule has 3 heteroatoms. The van der Waals surface area contributed by atoms with Crippen molar-refractivity contribution in [3.63, 3.8) is 0 Å². The molecule has 1 aromatic rings. The molecular weight excluding hydrogens is 204 g/mol. The van der Waals surface area contributed by atoms with E-state index in [-0.39, 0.29) is 17.1 Å². The van der Waals surface area contributed by atoms with Gasteiger partial charge < -0.3 is 9.84 Å². The molecule has 0 bridgehead atoms. The van der Waals surface area contributed by atoms with Crippen molar-refractivity contribution in [1.82, 2.24) is 0 Å². The smallest absolute Gasteiger partial charge is 0.167 e. The Morgan fingerprint density at radius 2 is 2.12 bits per heavy atom. The Balaban J connectivity index is 2.58. The molecule has 0 saturated carbocycles. The van der Waals surface area contributed by atoms with Gasteiger partial charge in [0.2, 0.25) is 0 Å². The lowest BCUT2D eigenvalue weighted by atomic mass is 9.91. The van der Waals surface area contributed by atoms with Crippen molar-refractivity contribution < 1.29 is 14.6 Å². The predicted molar refractivity (Wildman–Crippen MR) is 61.1 cm³/mol. The van der Waals surface area contributed by atoms with Gasteiger partial charge in [0.1, 0.15) is 22.7 Å². The fraction of sp³-hybridized carbons (Fsp3) is 0.462. The van der Waals surface area contributed by atoms with Gasteiger partial charge in [-0.2, -0.15) is 0 Å². The largest absolute Gasteiger partial charge is 0.507 e. The first-order valence-electron chi connectivity index (χ1n) is 5.45. The predicted octanol–water partition coefficient (Wildman–Crippen LogP) is 2.70. The number of carbonyl (C=O) groups excluding carboxylic acids is 1. The zero-order chi connectivity index (χ0) is 11.9. The van der Waals surface area contributed by atoms with Gasteiger partial charge in [-0.05, 0) is 45.2 Å². The van der Waals surface area contributed by atoms with Crippen molar-refractivity contribution in [2.24, 2.45) is 0 Å². The Hall–Kier alpha value is -1.51. The molecule has 0 aromatic heterocycles. The van der Waals surface area contributed by atoms with Gasteiger partial charge in [0.05, 0.1) is 0 Å². The van der Waals surface area contributed by atoms with Crippen LogP contribution in [0.5, 0.6) is 11.5 Å². The highest BCUT2D eigenvalue weighted by atomic mass is 16.5. The summed E-state index contributed by atoms with van der Waals surface area (Å²) in [6.07, 6.45) is 1.80. The zero-order valence-corrected chi connectivity index (χ0v) is 9.83. The number of fused-ring (bicyclic) bond motifs is 1. The number of phenolic OH excluding ortho intramolecular Hbond substituents is 1. The second kappa shape index (κ2) is 3.51. The summed E-state index contributed by atoms with van der Waals surface area (Å²) in [7, 11) is 0. The number of hydrogen-bond donors (Lipinski definition) is 1. The van der Waals surface area contributed by atoms with Crippen LogP contribution in [-0.2, 0) is 6.42 Å². The molecule has 0 unspecified atom stereocenters. The highest BCUT2D eigenvalue weighted by molar-refractivity contribution is 6.00. The molecule has 0 amide bonds. The summed E-state index contributed by atoms with van der Waals surface area (Å²) in [4.78, 5) is 11.5. The summed E-state index contributed by atoms with van der Waals surface area (Å²) >= 11 is 0. The molecule has 0 saturated heterocycles. The molecule has 86 valence electrons. The SMILES string of the molecule is CC(=O)c1c(O)ccc2c1OC(C)(C)CC2. The lowest BCUT2D eigenvalue weighted by molar-refractivity contribution is 0.0804. The van der Waals surface area contributed by atoms with Crippen LogP contribution in [0.1, 0.15) is 43.1 Å². The number of aromatic hydroxyl groups is 1. The summed E-state index contributed by atoms with van der Waals surface area (Å²) in [5.74, 6) is 0.403. The van der Waals surface area contributed by atoms with Crippen molar-refractivity contribution in [2.45, 2.75) is 39.2 Å². The fourth-order valence-electron chi connectivity index (χ4n) is 2.03. The first-order valence-corrected chi connectivity index (χ1v) is 5.45. The Morgan fingerprint density at radius 3 is 2.75 bits per heavy atom. The van der Waals surface area contributed by atoms with Crippen LogP contribution in [0.4, 0.5) is 0 Å². The molecule has 16 heavy (non-hydrogen) atoms. The molecule has 1 aliphatic rings. The minimum absolute atomic E-state index is 0.00366. The van der Waals surface area contributed by atoms with E-state index >= 15 is 0 Å². The number of ketones is 1. The summed E-state index contributed by atoms with van der Waals surface area (Å²) in [5, 5.41) is 9.71. The van der Waals surface area contributed by atoms with E-state index in [1.807, 2.05) is 19.9 Å². The summed E-state index contributed by atoms with van der Waals surface area (Å²) in [6, 6.07) is 3.39. The highest BCUT2D eigenvalue weighted by Crippen LogP contribution is 2.39. The number of rotatable bonds is 1. The molecule has 0 spiro atoms. The van der Waals surface area contributed by atoms with Crippen molar-refractivity contribution in [3.8, 4) is 11.5 Å². The van der Waals surface area contributed by atoms with E-state index in [2.05, 4.69) is 0 Å². The zero-order valence-electron chi connectivity index (χ0n) is 9.83. The number of carbonyl (C=O) groups is 1. The quantitative estimate of drug-likeness (QED) is 0.740. The second-order valence-electron chi connectivity index (χ2n) is 4.87. The second-order valence-corrected chi connectivity index (χ2v) is 4.87. The van der Waals surface area contributed by atoms with Crippen LogP contribution < -0.4 is 4.74 Å². The standard InChI is InChI=1S/C13H16O3/c1-8(14)11-10(15)5-4-9-6-7-13(2,3)16-12(9)11/h4-5,15H,6-7H2,1-3H3. The summed E-state index contributed by atoms with van der Waals surface area (Å²) in [5.41, 5.74) is 1.04. The number of benzene rings is 1. The van der Waals surface area contributed by atoms with Crippen LogP contribution >= 0.6 is 0 Å². The van der Waals surface area contributed by atoms with Gasteiger partial charge in [0.15, 0.2) is 5.78 Å². The van der Waals surface area contributed by atoms with E-state index < -0.39 is 0 Å². The third-order valence-corrected chi connectivity index (χ3v) is 2.94. The van der Waals surface area contributed by atoms with Crippen molar-refractivity contribution in [3.05, 3.63) is 23.3 Å². The monoisotopic (exact) mass is 220 g/mol. The Kier molecular flexibility index (Phi) is 2.41. The van der Waals surface area contributed by atoms with Crippen LogP contribution in [0.3, 0.4) is 0 Å². The minimum atomic E-state index is -0.273. The third kappa shape index (κ3) is 1.77. The minimum Gasteiger partial charge on any atom is -0.507 e. The maximum Gasteiger partial charge on any atom is 0.167 e. The van der Waals surface area contributed by atoms with Gasteiger partial charge >= 0.3 is 0 Å². The average Bonchev–Trinajstić information content (AvgIpc) is 2.15. The Labute approximate surface area is 95.0 Å². The van der Waals surface area contributed by atoms with E-state index in [1.54, 1.807) is 6.07 Å². The van der Waals surface area contributed by atoms with E-state index in [0.717, 1.165) is 18.4 Å². The van der Waals surface area contributed by atoms with E-state index in [9.17, 15) is 9.90 Å². The molecule has 0 atom stereocenters. The molecule has 3 nitrogen and oxygen atoms in total. The van der Waals surface area contributed by atoms with Crippen molar-refractivity contribution in [2.75, 3.05) is 0 Å². The van der Waals surface area contributed by atoms with Gasteiger partial charge in [-0.25, -0.2) is 0 Å². The molecule has 0 fully saturated rings. The molecular formula is C13H16O3. The molecule has 1 aliphatic heterocycles.